The molecular weight excluding hydrogens is 120 g/mol. The van der Waals surface area contributed by atoms with Crippen LogP contribution in [0.4, 0.5) is 4.79 Å². The third-order valence-electron chi connectivity index (χ3n) is 1.30. The molecule has 1 atom stereocenters. The second kappa shape index (κ2) is 3.29. The minimum atomic E-state index is -0.937. The standard InChI is InChI=1S/C5H12N2O2/c1-4(3-6)7(2)5(8)9/h4H,3,6H2,1-2H3,(H,8,9). The van der Waals surface area contributed by atoms with Gasteiger partial charge < -0.3 is 15.7 Å². The van der Waals surface area contributed by atoms with Crippen molar-refractivity contribution >= 4 is 6.09 Å². The fourth-order valence-corrected chi connectivity index (χ4v) is 0.347. The topological polar surface area (TPSA) is 66.6 Å². The van der Waals surface area contributed by atoms with Crippen molar-refractivity contribution < 1.29 is 9.90 Å². The first-order valence-electron chi connectivity index (χ1n) is 2.75. The van der Waals surface area contributed by atoms with E-state index in [1.165, 1.54) is 11.9 Å². The van der Waals surface area contributed by atoms with Gasteiger partial charge in [0.1, 0.15) is 0 Å². The molecule has 0 aliphatic rings. The Hall–Kier alpha value is -0.770. The number of carboxylic acid groups (broad SMARTS) is 1. The van der Waals surface area contributed by atoms with Crippen molar-refractivity contribution in [3.63, 3.8) is 0 Å². The lowest BCUT2D eigenvalue weighted by Crippen LogP contribution is -2.38. The van der Waals surface area contributed by atoms with Gasteiger partial charge in [-0.1, -0.05) is 0 Å². The van der Waals surface area contributed by atoms with Crippen molar-refractivity contribution in [2.45, 2.75) is 13.0 Å². The molecule has 0 fully saturated rings. The van der Waals surface area contributed by atoms with Crippen molar-refractivity contribution in [2.75, 3.05) is 13.6 Å². The Bertz CT molecular complexity index is 105. The van der Waals surface area contributed by atoms with Gasteiger partial charge in [0.25, 0.3) is 0 Å². The predicted octanol–water partition coefficient (Wildman–Crippen LogP) is -0.0566. The lowest BCUT2D eigenvalue weighted by molar-refractivity contribution is 0.143. The molecule has 0 spiro atoms. The normalized spacial score (nSPS) is 12.8. The average molecular weight is 132 g/mol. The van der Waals surface area contributed by atoms with Crippen LogP contribution in [-0.4, -0.2) is 35.7 Å². The van der Waals surface area contributed by atoms with E-state index < -0.39 is 6.09 Å². The molecule has 1 unspecified atom stereocenters. The van der Waals surface area contributed by atoms with Crippen LogP contribution >= 0.6 is 0 Å². The van der Waals surface area contributed by atoms with E-state index in [1.807, 2.05) is 0 Å². The molecule has 0 rings (SSSR count). The Kier molecular flexibility index (Phi) is 3.01. The molecule has 0 aromatic heterocycles. The number of nitrogens with two attached hydrogens (primary N) is 1. The zero-order valence-corrected chi connectivity index (χ0v) is 5.66. The van der Waals surface area contributed by atoms with Crippen LogP contribution in [0.15, 0.2) is 0 Å². The van der Waals surface area contributed by atoms with Crippen molar-refractivity contribution in [1.29, 1.82) is 0 Å². The number of hydrogen-bond acceptors (Lipinski definition) is 2. The van der Waals surface area contributed by atoms with E-state index in [0.29, 0.717) is 6.54 Å². The van der Waals surface area contributed by atoms with E-state index in [2.05, 4.69) is 0 Å². The van der Waals surface area contributed by atoms with Crippen LogP contribution in [0, 0.1) is 0 Å². The molecule has 0 radical (unpaired) electrons. The first kappa shape index (κ1) is 8.23. The van der Waals surface area contributed by atoms with Gasteiger partial charge >= 0.3 is 6.09 Å². The summed E-state index contributed by atoms with van der Waals surface area (Å²) in [5.41, 5.74) is 5.21. The molecule has 0 aromatic carbocycles. The molecule has 0 aliphatic heterocycles. The first-order valence-corrected chi connectivity index (χ1v) is 2.75. The molecule has 1 amide bonds. The van der Waals surface area contributed by atoms with Crippen LogP contribution in [0.5, 0.6) is 0 Å². The zero-order chi connectivity index (χ0) is 7.44. The number of likely N-dealkylation sites (N-methyl/N-ethyl adjacent to an activating group) is 1. The third kappa shape index (κ3) is 2.32. The van der Waals surface area contributed by atoms with Gasteiger partial charge in [-0.15, -0.1) is 0 Å². The molecular formula is C5H12N2O2. The van der Waals surface area contributed by atoms with Gasteiger partial charge in [-0.25, -0.2) is 4.79 Å². The Morgan fingerprint density at radius 1 is 1.89 bits per heavy atom. The highest BCUT2D eigenvalue weighted by Crippen LogP contribution is 1.91. The summed E-state index contributed by atoms with van der Waals surface area (Å²) in [7, 11) is 1.50. The molecule has 4 heteroatoms. The molecule has 0 bridgehead atoms. The third-order valence-corrected chi connectivity index (χ3v) is 1.30. The van der Waals surface area contributed by atoms with Crippen LogP contribution in [0.25, 0.3) is 0 Å². The second-order valence-electron chi connectivity index (χ2n) is 1.98. The highest BCUT2D eigenvalue weighted by atomic mass is 16.4. The fourth-order valence-electron chi connectivity index (χ4n) is 0.347. The van der Waals surface area contributed by atoms with Crippen LogP contribution in [0.2, 0.25) is 0 Å². The van der Waals surface area contributed by atoms with Crippen molar-refractivity contribution in [1.82, 2.24) is 4.90 Å². The van der Waals surface area contributed by atoms with Gasteiger partial charge in [0.05, 0.1) is 0 Å². The monoisotopic (exact) mass is 132 g/mol. The fraction of sp³-hybridized carbons (Fsp3) is 0.800. The van der Waals surface area contributed by atoms with Crippen molar-refractivity contribution in [3.8, 4) is 0 Å². The highest BCUT2D eigenvalue weighted by Gasteiger charge is 2.10. The molecule has 0 heterocycles. The average Bonchev–Trinajstić information content (AvgIpc) is 1.84. The summed E-state index contributed by atoms with van der Waals surface area (Å²) in [4.78, 5) is 11.4. The number of carbonyl (C=O) groups is 1. The minimum Gasteiger partial charge on any atom is -0.465 e. The van der Waals surface area contributed by atoms with E-state index >= 15 is 0 Å². The summed E-state index contributed by atoms with van der Waals surface area (Å²) >= 11 is 0. The lowest BCUT2D eigenvalue weighted by Gasteiger charge is -2.19. The van der Waals surface area contributed by atoms with Gasteiger partial charge in [-0.3, -0.25) is 0 Å². The summed E-state index contributed by atoms with van der Waals surface area (Å²) in [6.45, 7) is 2.12. The smallest absolute Gasteiger partial charge is 0.407 e. The maximum absolute atomic E-state index is 10.2. The van der Waals surface area contributed by atoms with Crippen LogP contribution < -0.4 is 5.73 Å². The molecule has 0 saturated carbocycles. The second-order valence-corrected chi connectivity index (χ2v) is 1.98. The minimum absolute atomic E-state index is 0.0949. The van der Waals surface area contributed by atoms with Crippen LogP contribution in [-0.2, 0) is 0 Å². The van der Waals surface area contributed by atoms with E-state index in [1.54, 1.807) is 6.92 Å². The van der Waals surface area contributed by atoms with Gasteiger partial charge in [0.15, 0.2) is 0 Å². The maximum atomic E-state index is 10.2. The van der Waals surface area contributed by atoms with Crippen LogP contribution in [0.3, 0.4) is 0 Å². The summed E-state index contributed by atoms with van der Waals surface area (Å²) in [6.07, 6.45) is -0.937. The van der Waals surface area contributed by atoms with Crippen molar-refractivity contribution in [2.24, 2.45) is 5.73 Å². The number of rotatable bonds is 2. The lowest BCUT2D eigenvalue weighted by atomic mass is 10.3. The van der Waals surface area contributed by atoms with Gasteiger partial charge in [0, 0.05) is 19.6 Å². The Labute approximate surface area is 54.3 Å². The quantitative estimate of drug-likeness (QED) is 0.553. The molecule has 4 nitrogen and oxygen atoms in total. The highest BCUT2D eigenvalue weighted by molar-refractivity contribution is 5.64. The van der Waals surface area contributed by atoms with Gasteiger partial charge in [-0.2, -0.15) is 0 Å². The van der Waals surface area contributed by atoms with E-state index in [4.69, 9.17) is 10.8 Å². The van der Waals surface area contributed by atoms with E-state index in [0.717, 1.165) is 0 Å². The van der Waals surface area contributed by atoms with Gasteiger partial charge in [-0.05, 0) is 6.92 Å². The molecule has 0 saturated heterocycles. The molecule has 3 N–H and O–H groups in total. The number of hydrogen-bond donors (Lipinski definition) is 2. The Balaban J connectivity index is 3.72. The SMILES string of the molecule is CC(CN)N(C)C(=O)O. The summed E-state index contributed by atoms with van der Waals surface area (Å²) in [5, 5.41) is 8.35. The van der Waals surface area contributed by atoms with E-state index in [-0.39, 0.29) is 6.04 Å². The van der Waals surface area contributed by atoms with Gasteiger partial charge in [0.2, 0.25) is 0 Å². The molecule has 0 aromatic rings. The molecule has 54 valence electrons. The van der Waals surface area contributed by atoms with E-state index in [9.17, 15) is 4.79 Å². The molecule has 0 aliphatic carbocycles. The summed E-state index contributed by atoms with van der Waals surface area (Å²) in [5.74, 6) is 0. The Morgan fingerprint density at radius 3 is 2.44 bits per heavy atom. The predicted molar refractivity (Wildman–Crippen MR) is 34.3 cm³/mol. The van der Waals surface area contributed by atoms with Crippen molar-refractivity contribution in [3.05, 3.63) is 0 Å². The number of amides is 1. The first-order chi connectivity index (χ1) is 4.09. The zero-order valence-electron chi connectivity index (χ0n) is 5.66. The molecule has 9 heavy (non-hydrogen) atoms. The summed E-state index contributed by atoms with van der Waals surface area (Å²) in [6, 6.07) is -0.0949. The van der Waals surface area contributed by atoms with Crippen LogP contribution in [0.1, 0.15) is 6.92 Å². The maximum Gasteiger partial charge on any atom is 0.407 e. The summed E-state index contributed by atoms with van der Waals surface area (Å²) < 4.78 is 0. The largest absolute Gasteiger partial charge is 0.465 e. The Morgan fingerprint density at radius 2 is 2.33 bits per heavy atom. The number of nitrogens with zero attached hydrogens (tertiary/aromatic N) is 1.